The van der Waals surface area contributed by atoms with Crippen LogP contribution >= 0.6 is 0 Å². The molecule has 3 aliphatic rings. The first-order valence-corrected chi connectivity index (χ1v) is 11.4. The summed E-state index contributed by atoms with van der Waals surface area (Å²) in [7, 11) is -1.77. The van der Waals surface area contributed by atoms with E-state index in [2.05, 4.69) is 19.6 Å². The Kier molecular flexibility index (Phi) is 4.01. The molecule has 3 aliphatic heterocycles. The van der Waals surface area contributed by atoms with Crippen molar-refractivity contribution in [2.45, 2.75) is 89.6 Å². The van der Waals surface area contributed by atoms with Crippen LogP contribution in [0.2, 0.25) is 19.6 Å². The van der Waals surface area contributed by atoms with Crippen LogP contribution in [0.15, 0.2) is 0 Å². The molecule has 6 nitrogen and oxygen atoms in total. The lowest BCUT2D eigenvalue weighted by molar-refractivity contribution is -0.230. The minimum atomic E-state index is -1.77. The average molecular weight is 332 g/mol. The molecule has 0 amide bonds. The van der Waals surface area contributed by atoms with Gasteiger partial charge in [-0.05, 0) is 47.3 Å². The molecule has 3 rings (SSSR count). The molecule has 0 aliphatic carbocycles. The Bertz CT molecular complexity index is 432. The van der Waals surface area contributed by atoms with Crippen LogP contribution in [0.5, 0.6) is 0 Å². The molecule has 128 valence electrons. The Morgan fingerprint density at radius 1 is 0.909 bits per heavy atom. The highest BCUT2D eigenvalue weighted by Crippen LogP contribution is 2.42. The minimum Gasteiger partial charge on any atom is -0.409 e. The first-order chi connectivity index (χ1) is 9.96. The Labute approximate surface area is 133 Å². The van der Waals surface area contributed by atoms with E-state index in [0.717, 1.165) is 0 Å². The van der Waals surface area contributed by atoms with Crippen LogP contribution in [0, 0.1) is 0 Å². The fourth-order valence-electron chi connectivity index (χ4n) is 3.22. The van der Waals surface area contributed by atoms with Gasteiger partial charge in [-0.25, -0.2) is 0 Å². The second kappa shape index (κ2) is 5.24. The van der Waals surface area contributed by atoms with Crippen molar-refractivity contribution in [1.29, 1.82) is 0 Å². The number of hydrogen-bond acceptors (Lipinski definition) is 6. The first-order valence-electron chi connectivity index (χ1n) is 7.97. The Hall–Kier alpha value is -0.0231. The van der Waals surface area contributed by atoms with Gasteiger partial charge in [-0.15, -0.1) is 0 Å². The van der Waals surface area contributed by atoms with Crippen molar-refractivity contribution in [1.82, 2.24) is 0 Å². The summed E-state index contributed by atoms with van der Waals surface area (Å²) in [5.74, 6) is -1.23. The monoisotopic (exact) mass is 332 g/mol. The van der Waals surface area contributed by atoms with Gasteiger partial charge >= 0.3 is 0 Å². The summed E-state index contributed by atoms with van der Waals surface area (Å²) in [6, 6.07) is 0. The van der Waals surface area contributed by atoms with E-state index in [4.69, 9.17) is 28.1 Å². The molecule has 0 aromatic rings. The average Bonchev–Trinajstić information content (AvgIpc) is 2.89. The molecule has 0 unspecified atom stereocenters. The van der Waals surface area contributed by atoms with Gasteiger partial charge in [-0.1, -0.05) is 0 Å². The lowest BCUT2D eigenvalue weighted by Gasteiger charge is -2.32. The summed E-state index contributed by atoms with van der Waals surface area (Å²) >= 11 is 0. The Morgan fingerprint density at radius 3 is 2.14 bits per heavy atom. The van der Waals surface area contributed by atoms with Crippen LogP contribution < -0.4 is 0 Å². The zero-order chi connectivity index (χ0) is 16.3. The van der Waals surface area contributed by atoms with Gasteiger partial charge in [0.1, 0.15) is 24.4 Å². The van der Waals surface area contributed by atoms with Crippen LogP contribution in [-0.4, -0.2) is 57.2 Å². The number of ether oxygens (including phenoxy) is 5. The fourth-order valence-corrected chi connectivity index (χ4v) is 4.31. The molecule has 3 heterocycles. The van der Waals surface area contributed by atoms with E-state index in [1.165, 1.54) is 0 Å². The molecule has 0 aromatic carbocycles. The lowest BCUT2D eigenvalue weighted by Crippen LogP contribution is -2.48. The van der Waals surface area contributed by atoms with Gasteiger partial charge in [-0.2, -0.15) is 0 Å². The van der Waals surface area contributed by atoms with Gasteiger partial charge in [-0.3, -0.25) is 0 Å². The highest BCUT2D eigenvalue weighted by Gasteiger charge is 2.59. The molecular weight excluding hydrogens is 304 g/mol. The third-order valence-electron chi connectivity index (χ3n) is 3.91. The lowest BCUT2D eigenvalue weighted by atomic mass is 10.1. The van der Waals surface area contributed by atoms with Gasteiger partial charge in [0.15, 0.2) is 26.2 Å². The van der Waals surface area contributed by atoms with Crippen LogP contribution in [0.1, 0.15) is 27.7 Å². The topological polar surface area (TPSA) is 55.4 Å². The molecule has 22 heavy (non-hydrogen) atoms. The molecule has 3 fully saturated rings. The zero-order valence-corrected chi connectivity index (χ0v) is 15.5. The van der Waals surface area contributed by atoms with Crippen LogP contribution in [0.25, 0.3) is 0 Å². The van der Waals surface area contributed by atoms with Gasteiger partial charge in [0.2, 0.25) is 0 Å². The van der Waals surface area contributed by atoms with E-state index >= 15 is 0 Å². The van der Waals surface area contributed by atoms with E-state index in [-0.39, 0.29) is 24.4 Å². The summed E-state index contributed by atoms with van der Waals surface area (Å²) in [6.07, 6.45) is -1.23. The number of fused-ring (bicyclic) bond motifs is 1. The van der Waals surface area contributed by atoms with Crippen molar-refractivity contribution in [3.8, 4) is 0 Å². The summed E-state index contributed by atoms with van der Waals surface area (Å²) in [4.78, 5) is 0. The summed E-state index contributed by atoms with van der Waals surface area (Å²) < 4.78 is 36.0. The zero-order valence-electron chi connectivity index (χ0n) is 14.5. The molecule has 0 spiro atoms. The maximum Gasteiger partial charge on any atom is 0.190 e. The second-order valence-electron chi connectivity index (χ2n) is 8.13. The molecule has 0 radical (unpaired) electrons. The van der Waals surface area contributed by atoms with Gasteiger partial charge in [0, 0.05) is 0 Å². The molecule has 0 aromatic heterocycles. The predicted octanol–water partition coefficient (Wildman–Crippen LogP) is 2.23. The van der Waals surface area contributed by atoms with Gasteiger partial charge < -0.3 is 28.1 Å². The van der Waals surface area contributed by atoms with Gasteiger partial charge in [0.25, 0.3) is 0 Å². The molecule has 0 bridgehead atoms. The van der Waals surface area contributed by atoms with E-state index in [1.807, 2.05) is 27.7 Å². The number of rotatable bonds is 3. The molecule has 5 atom stereocenters. The minimum absolute atomic E-state index is 0.169. The van der Waals surface area contributed by atoms with Crippen molar-refractivity contribution in [3.63, 3.8) is 0 Å². The summed E-state index contributed by atoms with van der Waals surface area (Å²) in [5, 5.41) is 0. The third-order valence-corrected chi connectivity index (χ3v) is 4.89. The Morgan fingerprint density at radius 2 is 1.59 bits per heavy atom. The highest BCUT2D eigenvalue weighted by atomic mass is 28.4. The normalized spacial score (nSPS) is 43.5. The molecule has 3 saturated heterocycles. The largest absolute Gasteiger partial charge is 0.409 e. The van der Waals surface area contributed by atoms with Crippen molar-refractivity contribution in [2.24, 2.45) is 0 Å². The SMILES string of the molecule is CC1(C)O[C@@H]2O[C@@H]([C@@H]3COC(C)(C)O3)[C@@H](O[Si](C)(C)C)[C@@H]2O1. The first kappa shape index (κ1) is 16.8. The highest BCUT2D eigenvalue weighted by molar-refractivity contribution is 6.69. The summed E-state index contributed by atoms with van der Waals surface area (Å²) in [6.45, 7) is 14.6. The standard InChI is InChI=1S/C15H28O6Si/c1-14(2)16-8-9(18-14)10-11(21-22(5,6)7)12-13(17-10)20-15(3,4)19-12/h9-13H,8H2,1-7H3/t9-,10-,11+,12-,13-/m0/s1. The van der Waals surface area contributed by atoms with Crippen molar-refractivity contribution >= 4 is 8.32 Å². The molecule has 0 saturated carbocycles. The second-order valence-corrected chi connectivity index (χ2v) is 12.6. The van der Waals surface area contributed by atoms with Crippen LogP contribution in [0.4, 0.5) is 0 Å². The number of hydrogen-bond donors (Lipinski definition) is 0. The van der Waals surface area contributed by atoms with E-state index in [1.54, 1.807) is 0 Å². The molecular formula is C15H28O6Si. The third kappa shape index (κ3) is 3.40. The van der Waals surface area contributed by atoms with Crippen LogP contribution in [-0.2, 0) is 28.1 Å². The summed E-state index contributed by atoms with van der Waals surface area (Å²) in [5.41, 5.74) is 0. The van der Waals surface area contributed by atoms with E-state index in [0.29, 0.717) is 6.61 Å². The van der Waals surface area contributed by atoms with Crippen molar-refractivity contribution < 1.29 is 28.1 Å². The van der Waals surface area contributed by atoms with Crippen molar-refractivity contribution in [2.75, 3.05) is 6.61 Å². The fraction of sp³-hybridized carbons (Fsp3) is 1.00. The van der Waals surface area contributed by atoms with Crippen LogP contribution in [0.3, 0.4) is 0 Å². The van der Waals surface area contributed by atoms with E-state index < -0.39 is 26.2 Å². The maximum atomic E-state index is 6.37. The predicted molar refractivity (Wildman–Crippen MR) is 81.8 cm³/mol. The smallest absolute Gasteiger partial charge is 0.190 e. The molecule has 0 N–H and O–H groups in total. The Balaban J connectivity index is 1.78. The molecule has 7 heteroatoms. The van der Waals surface area contributed by atoms with Gasteiger partial charge in [0.05, 0.1) is 6.61 Å². The quantitative estimate of drug-likeness (QED) is 0.739. The van der Waals surface area contributed by atoms with E-state index in [9.17, 15) is 0 Å². The van der Waals surface area contributed by atoms with Crippen molar-refractivity contribution in [3.05, 3.63) is 0 Å². The maximum absolute atomic E-state index is 6.37.